The SMILES string of the molecule is [2H][C@](Nc1cc(Cl)c2ncc(C#N)c(Nc3cnc(F)c(F)c3)c2c1)(C1=CN(Cc2c(F)cccc2F)NN1)c1ccc(F)cc1. The number of pyridine rings is 2. The molecule has 0 unspecified atom stereocenters. The van der Waals surface area contributed by atoms with Crippen LogP contribution in [0.1, 0.15) is 24.1 Å². The van der Waals surface area contributed by atoms with Crippen LogP contribution >= 0.6 is 11.6 Å². The first-order valence-electron chi connectivity index (χ1n) is 13.6. The van der Waals surface area contributed by atoms with Crippen LogP contribution in [-0.4, -0.2) is 15.0 Å². The van der Waals surface area contributed by atoms with E-state index in [0.29, 0.717) is 0 Å². The standard InChI is InChI=1S/C31H20ClF5N8/c32-23-9-19(8-21-28(17(11-38)12-39-30(21)23)42-20-10-26(36)31(37)40-13-20)41-29(16-4-6-18(33)7-5-16)27-15-45(44-43-27)14-22-24(34)2-1-3-25(22)35/h1-10,12-13,15,29,41,43-44H,14H2,(H,39,42)/t29-/m1/s1/i29D. The quantitative estimate of drug-likeness (QED) is 0.106. The second-order valence-corrected chi connectivity index (χ2v) is 10.2. The Morgan fingerprint density at radius 3 is 2.42 bits per heavy atom. The van der Waals surface area contributed by atoms with E-state index in [2.05, 4.69) is 31.6 Å². The lowest BCUT2D eigenvalue weighted by molar-refractivity contribution is 0.255. The third kappa shape index (κ3) is 6.14. The maximum Gasteiger partial charge on any atom is 0.249 e. The maximum atomic E-state index is 14.4. The number of nitrogens with zero attached hydrogens (tertiary/aromatic N) is 4. The molecule has 0 amide bonds. The number of rotatable bonds is 8. The lowest BCUT2D eigenvalue weighted by Gasteiger charge is -2.22. The van der Waals surface area contributed by atoms with Crippen LogP contribution in [0.2, 0.25) is 5.02 Å². The summed E-state index contributed by atoms with van der Waals surface area (Å²) in [6, 6.07) is 12.6. The zero-order valence-electron chi connectivity index (χ0n) is 23.8. The molecule has 4 N–H and O–H groups in total. The average molecular weight is 636 g/mol. The normalized spacial score (nSPS) is 14.3. The first-order valence-corrected chi connectivity index (χ1v) is 13.5. The van der Waals surface area contributed by atoms with Gasteiger partial charge in [0.15, 0.2) is 5.82 Å². The number of aromatic nitrogens is 2. The number of halogens is 6. The summed E-state index contributed by atoms with van der Waals surface area (Å²) < 4.78 is 79.6. The molecule has 226 valence electrons. The van der Waals surface area contributed by atoms with Gasteiger partial charge < -0.3 is 16.1 Å². The highest BCUT2D eigenvalue weighted by molar-refractivity contribution is 6.36. The molecule has 0 fully saturated rings. The van der Waals surface area contributed by atoms with Gasteiger partial charge in [-0.25, -0.2) is 22.5 Å². The zero-order chi connectivity index (χ0) is 32.6. The lowest BCUT2D eigenvalue weighted by atomic mass is 10.0. The Morgan fingerprint density at radius 1 is 0.956 bits per heavy atom. The van der Waals surface area contributed by atoms with Crippen molar-refractivity contribution < 1.29 is 23.3 Å². The van der Waals surface area contributed by atoms with E-state index in [0.717, 1.165) is 24.4 Å². The Labute approximate surface area is 259 Å². The molecule has 3 aromatic carbocycles. The van der Waals surface area contributed by atoms with E-state index >= 15 is 0 Å². The minimum absolute atomic E-state index is 0.0382. The molecule has 1 aliphatic rings. The van der Waals surface area contributed by atoms with Crippen LogP contribution < -0.4 is 21.6 Å². The smallest absolute Gasteiger partial charge is 0.249 e. The summed E-state index contributed by atoms with van der Waals surface area (Å²) >= 11 is 6.61. The highest BCUT2D eigenvalue weighted by atomic mass is 35.5. The van der Waals surface area contributed by atoms with Gasteiger partial charge in [-0.15, -0.1) is 5.53 Å². The number of nitrogens with one attached hydrogen (secondary N) is 4. The minimum Gasteiger partial charge on any atom is -0.373 e. The third-order valence-corrected chi connectivity index (χ3v) is 7.08. The van der Waals surface area contributed by atoms with Crippen molar-refractivity contribution in [3.63, 3.8) is 0 Å². The van der Waals surface area contributed by atoms with Crippen LogP contribution in [0.4, 0.5) is 39.0 Å². The molecule has 1 atom stereocenters. The Balaban J connectivity index is 1.42. The highest BCUT2D eigenvalue weighted by Gasteiger charge is 2.25. The van der Waals surface area contributed by atoms with Gasteiger partial charge in [0.2, 0.25) is 5.95 Å². The predicted molar refractivity (Wildman–Crippen MR) is 158 cm³/mol. The number of hydrogen-bond acceptors (Lipinski definition) is 8. The molecule has 45 heavy (non-hydrogen) atoms. The topological polar surface area (TPSA) is 101 Å². The summed E-state index contributed by atoms with van der Waals surface area (Å²) in [5, 5.41) is 17.5. The molecule has 0 aliphatic carbocycles. The van der Waals surface area contributed by atoms with Gasteiger partial charge in [0.05, 0.1) is 53.3 Å². The van der Waals surface area contributed by atoms with Gasteiger partial charge in [-0.3, -0.25) is 9.99 Å². The first kappa shape index (κ1) is 28.3. The molecule has 5 aromatic rings. The van der Waals surface area contributed by atoms with E-state index in [1.165, 1.54) is 59.9 Å². The van der Waals surface area contributed by atoms with Gasteiger partial charge in [0.25, 0.3) is 0 Å². The molecule has 2 aromatic heterocycles. The van der Waals surface area contributed by atoms with E-state index < -0.39 is 35.2 Å². The summed E-state index contributed by atoms with van der Waals surface area (Å²) in [6.07, 6.45) is 3.73. The maximum absolute atomic E-state index is 14.4. The van der Waals surface area contributed by atoms with Gasteiger partial charge in [0, 0.05) is 35.1 Å². The van der Waals surface area contributed by atoms with Gasteiger partial charge in [-0.1, -0.05) is 29.8 Å². The summed E-state index contributed by atoms with van der Waals surface area (Å²) in [7, 11) is 0. The molecule has 14 heteroatoms. The molecule has 0 spiro atoms. The third-order valence-electron chi connectivity index (χ3n) is 6.79. The summed E-state index contributed by atoms with van der Waals surface area (Å²) in [6.45, 7) is -0.243. The fourth-order valence-corrected chi connectivity index (χ4v) is 4.93. The number of anilines is 3. The minimum atomic E-state index is -1.89. The van der Waals surface area contributed by atoms with E-state index in [1.807, 2.05) is 6.07 Å². The number of benzene rings is 3. The van der Waals surface area contributed by atoms with E-state index in [4.69, 9.17) is 11.6 Å². The van der Waals surface area contributed by atoms with Crippen molar-refractivity contribution >= 4 is 39.6 Å². The van der Waals surface area contributed by atoms with Crippen LogP contribution in [0.5, 0.6) is 0 Å². The number of fused-ring (bicyclic) bond motifs is 1. The van der Waals surface area contributed by atoms with Crippen LogP contribution in [0.3, 0.4) is 0 Å². The monoisotopic (exact) mass is 635 g/mol. The lowest BCUT2D eigenvalue weighted by Crippen LogP contribution is -2.37. The van der Waals surface area contributed by atoms with Crippen molar-refractivity contribution in [2.45, 2.75) is 12.6 Å². The largest absolute Gasteiger partial charge is 0.373 e. The molecule has 0 bridgehead atoms. The molecule has 0 saturated carbocycles. The van der Waals surface area contributed by atoms with Gasteiger partial charge >= 0.3 is 0 Å². The Bertz CT molecular complexity index is 2040. The van der Waals surface area contributed by atoms with E-state index in [1.54, 1.807) is 0 Å². The van der Waals surface area contributed by atoms with Crippen molar-refractivity contribution in [3.05, 3.63) is 136 Å². The summed E-state index contributed by atoms with van der Waals surface area (Å²) in [4.78, 5) is 7.63. The second-order valence-electron chi connectivity index (χ2n) is 9.75. The predicted octanol–water partition coefficient (Wildman–Crippen LogP) is 7.11. The van der Waals surface area contributed by atoms with Gasteiger partial charge in [0.1, 0.15) is 23.5 Å². The number of nitriles is 1. The van der Waals surface area contributed by atoms with Crippen molar-refractivity contribution in [1.29, 1.82) is 5.26 Å². The highest BCUT2D eigenvalue weighted by Crippen LogP contribution is 2.37. The molecular formula is C31H20ClF5N8. The summed E-state index contributed by atoms with van der Waals surface area (Å²) in [5.41, 5.74) is 6.53. The number of hydrazine groups is 2. The summed E-state index contributed by atoms with van der Waals surface area (Å²) in [5.74, 6) is -4.55. The van der Waals surface area contributed by atoms with E-state index in [9.17, 15) is 28.6 Å². The molecule has 0 radical (unpaired) electrons. The fraction of sp³-hybridized carbons (Fsp3) is 0.0645. The van der Waals surface area contributed by atoms with Crippen LogP contribution in [0.25, 0.3) is 10.9 Å². The molecule has 0 saturated heterocycles. The Morgan fingerprint density at radius 2 is 1.71 bits per heavy atom. The first-order chi connectivity index (χ1) is 22.0. The van der Waals surface area contributed by atoms with Crippen molar-refractivity contribution in [2.75, 3.05) is 10.6 Å². The Kier molecular flexibility index (Phi) is 7.73. The zero-order valence-corrected chi connectivity index (χ0v) is 23.5. The van der Waals surface area contributed by atoms with Gasteiger partial charge in [-0.2, -0.15) is 9.65 Å². The van der Waals surface area contributed by atoms with Gasteiger partial charge in [-0.05, 0) is 42.0 Å². The Hall–Kier alpha value is -5.45. The van der Waals surface area contributed by atoms with E-state index in [-0.39, 0.29) is 61.9 Å². The molecule has 3 heterocycles. The van der Waals surface area contributed by atoms with Crippen molar-refractivity contribution in [3.8, 4) is 6.07 Å². The van der Waals surface area contributed by atoms with Crippen LogP contribution in [0.15, 0.2) is 85.0 Å². The average Bonchev–Trinajstić information content (AvgIpc) is 3.51. The molecule has 8 nitrogen and oxygen atoms in total. The number of hydrogen-bond donors (Lipinski definition) is 4. The van der Waals surface area contributed by atoms with Crippen molar-refractivity contribution in [2.24, 2.45) is 0 Å². The molecular weight excluding hydrogens is 615 g/mol. The van der Waals surface area contributed by atoms with Crippen LogP contribution in [0, 0.1) is 40.5 Å². The molecule has 6 rings (SSSR count). The second kappa shape index (κ2) is 12.3. The molecule has 1 aliphatic heterocycles. The van der Waals surface area contributed by atoms with Crippen LogP contribution in [-0.2, 0) is 6.54 Å². The van der Waals surface area contributed by atoms with Crippen molar-refractivity contribution in [1.82, 2.24) is 25.9 Å². The fourth-order valence-electron chi connectivity index (χ4n) is 4.66.